The topological polar surface area (TPSA) is 73.9 Å². The van der Waals surface area contributed by atoms with Crippen molar-refractivity contribution in [1.82, 2.24) is 0 Å². The maximum Gasteiger partial charge on any atom is 0.494 e. The van der Waals surface area contributed by atoms with Gasteiger partial charge in [0.2, 0.25) is 0 Å². The van der Waals surface area contributed by atoms with Crippen LogP contribution in [0.3, 0.4) is 0 Å². The molecule has 0 aliphatic carbocycles. The van der Waals surface area contributed by atoms with E-state index in [0.717, 1.165) is 0 Å². The second-order valence-corrected chi connectivity index (χ2v) is 9.79. The monoisotopic (exact) mass is 441 g/mol. The number of nitrogens with one attached hydrogen (secondary N) is 1. The molecule has 29 heavy (non-hydrogen) atoms. The molecule has 1 fully saturated rings. The zero-order valence-electron chi connectivity index (χ0n) is 16.7. The first-order valence-electron chi connectivity index (χ1n) is 8.88. The first kappa shape index (κ1) is 21.9. The van der Waals surface area contributed by atoms with Gasteiger partial charge in [-0.05, 0) is 57.4 Å². The fraction of sp³-hybridized carbons (Fsp3) is 0.368. The fourth-order valence-electron chi connectivity index (χ4n) is 2.76. The number of hydrogen-bond acceptors (Lipinski definition) is 5. The molecule has 1 aliphatic heterocycles. The molecule has 1 heterocycles. The average Bonchev–Trinajstić information content (AvgIpc) is 2.84. The number of halogens is 2. The molecule has 1 saturated heterocycles. The highest BCUT2D eigenvalue weighted by atomic mass is 35.5. The SMILES string of the molecule is COc1ccc(Cl)c(S(=O)(=O)Nc2ccc(B3OC(C)(C)C(C)(C)O3)cc2F)c1. The Morgan fingerprint density at radius 3 is 2.24 bits per heavy atom. The summed E-state index contributed by atoms with van der Waals surface area (Å²) in [5.41, 5.74) is -0.914. The molecule has 0 unspecified atom stereocenters. The van der Waals surface area contributed by atoms with Crippen LogP contribution < -0.4 is 14.9 Å². The Balaban J connectivity index is 1.87. The van der Waals surface area contributed by atoms with E-state index in [4.69, 9.17) is 25.6 Å². The van der Waals surface area contributed by atoms with Crippen LogP contribution in [0.15, 0.2) is 41.3 Å². The van der Waals surface area contributed by atoms with Crippen LogP contribution in [0.5, 0.6) is 5.75 Å². The number of sulfonamides is 1. The Morgan fingerprint density at radius 2 is 1.69 bits per heavy atom. The number of rotatable bonds is 5. The molecule has 10 heteroatoms. The minimum absolute atomic E-state index is 0.00690. The van der Waals surface area contributed by atoms with Crippen molar-refractivity contribution in [3.05, 3.63) is 47.2 Å². The van der Waals surface area contributed by atoms with Crippen molar-refractivity contribution in [3.8, 4) is 5.75 Å². The van der Waals surface area contributed by atoms with Gasteiger partial charge in [0.05, 0.1) is 29.0 Å². The van der Waals surface area contributed by atoms with Gasteiger partial charge in [0.1, 0.15) is 16.5 Å². The van der Waals surface area contributed by atoms with E-state index in [9.17, 15) is 12.8 Å². The lowest BCUT2D eigenvalue weighted by atomic mass is 9.79. The van der Waals surface area contributed by atoms with Crippen LogP contribution in [-0.4, -0.2) is 33.8 Å². The van der Waals surface area contributed by atoms with Crippen molar-refractivity contribution in [1.29, 1.82) is 0 Å². The van der Waals surface area contributed by atoms with Gasteiger partial charge in [-0.15, -0.1) is 0 Å². The molecule has 0 amide bonds. The third-order valence-corrected chi connectivity index (χ3v) is 7.04. The van der Waals surface area contributed by atoms with Gasteiger partial charge in [0.15, 0.2) is 0 Å². The summed E-state index contributed by atoms with van der Waals surface area (Å²) in [4.78, 5) is -0.215. The molecule has 1 aliphatic rings. The lowest BCUT2D eigenvalue weighted by Gasteiger charge is -2.32. The summed E-state index contributed by atoms with van der Waals surface area (Å²) in [5, 5.41) is -0.00690. The summed E-state index contributed by atoms with van der Waals surface area (Å²) >= 11 is 6.01. The van der Waals surface area contributed by atoms with Crippen LogP contribution in [0, 0.1) is 5.82 Å². The molecule has 2 aromatic rings. The number of benzene rings is 2. The van der Waals surface area contributed by atoms with Gasteiger partial charge in [-0.25, -0.2) is 12.8 Å². The van der Waals surface area contributed by atoms with E-state index < -0.39 is 34.2 Å². The zero-order chi connectivity index (χ0) is 21.6. The maximum atomic E-state index is 14.7. The molecule has 0 radical (unpaired) electrons. The van der Waals surface area contributed by atoms with Gasteiger partial charge >= 0.3 is 7.12 Å². The summed E-state index contributed by atoms with van der Waals surface area (Å²) in [6, 6.07) is 8.25. The Bertz CT molecular complexity index is 1030. The van der Waals surface area contributed by atoms with Gasteiger partial charge < -0.3 is 14.0 Å². The van der Waals surface area contributed by atoms with Crippen molar-refractivity contribution in [2.45, 2.75) is 43.8 Å². The Labute approximate surface area is 175 Å². The summed E-state index contributed by atoms with van der Waals surface area (Å²) in [7, 11) is -3.49. The van der Waals surface area contributed by atoms with Gasteiger partial charge in [0, 0.05) is 6.07 Å². The first-order chi connectivity index (χ1) is 13.4. The van der Waals surface area contributed by atoms with Crippen molar-refractivity contribution >= 4 is 39.9 Å². The van der Waals surface area contributed by atoms with Crippen molar-refractivity contribution < 1.29 is 26.9 Å². The molecule has 6 nitrogen and oxygen atoms in total. The molecule has 0 bridgehead atoms. The molecular formula is C19H22BClFNO5S. The van der Waals surface area contributed by atoms with E-state index in [0.29, 0.717) is 11.2 Å². The smallest absolute Gasteiger partial charge is 0.494 e. The minimum atomic E-state index is -4.13. The lowest BCUT2D eigenvalue weighted by molar-refractivity contribution is 0.00578. The van der Waals surface area contributed by atoms with E-state index in [1.54, 1.807) is 6.07 Å². The van der Waals surface area contributed by atoms with E-state index >= 15 is 0 Å². The van der Waals surface area contributed by atoms with Crippen LogP contribution in [0.4, 0.5) is 10.1 Å². The predicted molar refractivity (Wildman–Crippen MR) is 111 cm³/mol. The first-order valence-corrected chi connectivity index (χ1v) is 10.7. The Hall–Kier alpha value is -1.81. The van der Waals surface area contributed by atoms with Gasteiger partial charge in [-0.1, -0.05) is 17.7 Å². The third-order valence-electron chi connectivity index (χ3n) is 5.19. The minimum Gasteiger partial charge on any atom is -0.497 e. The Kier molecular flexibility index (Phi) is 5.64. The third kappa shape index (κ3) is 4.23. The molecule has 3 rings (SSSR count). The summed E-state index contributed by atoms with van der Waals surface area (Å²) in [6.45, 7) is 7.57. The largest absolute Gasteiger partial charge is 0.497 e. The van der Waals surface area contributed by atoms with Crippen LogP contribution in [0.2, 0.25) is 5.02 Å². The van der Waals surface area contributed by atoms with Gasteiger partial charge in [0.25, 0.3) is 10.0 Å². The summed E-state index contributed by atoms with van der Waals surface area (Å²) in [6.07, 6.45) is 0. The van der Waals surface area contributed by atoms with Crippen molar-refractivity contribution in [3.63, 3.8) is 0 Å². The molecule has 1 N–H and O–H groups in total. The highest BCUT2D eigenvalue weighted by Crippen LogP contribution is 2.36. The second-order valence-electron chi connectivity index (χ2n) is 7.73. The van der Waals surface area contributed by atoms with Crippen molar-refractivity contribution in [2.75, 3.05) is 11.8 Å². The summed E-state index contributed by atoms with van der Waals surface area (Å²) in [5.74, 6) is -0.453. The van der Waals surface area contributed by atoms with E-state index in [1.807, 2.05) is 27.7 Å². The van der Waals surface area contributed by atoms with E-state index in [-0.39, 0.29) is 15.6 Å². The Morgan fingerprint density at radius 1 is 1.07 bits per heavy atom. The van der Waals surface area contributed by atoms with Crippen LogP contribution in [0.25, 0.3) is 0 Å². The van der Waals surface area contributed by atoms with Crippen LogP contribution >= 0.6 is 11.6 Å². The highest BCUT2D eigenvalue weighted by Gasteiger charge is 2.51. The van der Waals surface area contributed by atoms with Crippen LogP contribution in [0.1, 0.15) is 27.7 Å². The fourth-order valence-corrected chi connectivity index (χ4v) is 4.34. The molecule has 0 saturated carbocycles. The standard InChI is InChI=1S/C19H22BClFNO5S/c1-18(2)19(3,4)28-20(27-18)12-6-9-16(15(22)10-12)23-29(24,25)17-11-13(26-5)7-8-14(17)21/h6-11,23H,1-5H3. The quantitative estimate of drug-likeness (QED) is 0.718. The number of hydrogen-bond donors (Lipinski definition) is 1. The predicted octanol–water partition coefficient (Wildman–Crippen LogP) is 3.59. The maximum absolute atomic E-state index is 14.7. The molecule has 0 spiro atoms. The number of anilines is 1. The summed E-state index contributed by atoms with van der Waals surface area (Å²) < 4.78 is 59.1. The molecule has 0 aromatic heterocycles. The normalized spacial score (nSPS) is 18.0. The van der Waals surface area contributed by atoms with Gasteiger partial charge in [-0.2, -0.15) is 0 Å². The van der Waals surface area contributed by atoms with Crippen molar-refractivity contribution in [2.24, 2.45) is 0 Å². The second kappa shape index (κ2) is 7.47. The zero-order valence-corrected chi connectivity index (χ0v) is 18.3. The number of methoxy groups -OCH3 is 1. The molecule has 156 valence electrons. The molecule has 0 atom stereocenters. The van der Waals surface area contributed by atoms with E-state index in [1.165, 1.54) is 37.4 Å². The van der Waals surface area contributed by atoms with Crippen LogP contribution in [-0.2, 0) is 19.3 Å². The number of ether oxygens (including phenoxy) is 1. The molecular weight excluding hydrogens is 420 g/mol. The highest BCUT2D eigenvalue weighted by molar-refractivity contribution is 7.92. The van der Waals surface area contributed by atoms with Gasteiger partial charge in [-0.3, -0.25) is 4.72 Å². The van der Waals surface area contributed by atoms with E-state index in [2.05, 4.69) is 4.72 Å². The lowest BCUT2D eigenvalue weighted by Crippen LogP contribution is -2.41. The molecule has 2 aromatic carbocycles. The average molecular weight is 442 g/mol.